The van der Waals surface area contributed by atoms with Gasteiger partial charge in [-0.05, 0) is 67.8 Å². The maximum absolute atomic E-state index is 10.8. The van der Waals surface area contributed by atoms with Crippen molar-refractivity contribution in [3.05, 3.63) is 59.8 Å². The Bertz CT molecular complexity index is 1400. The number of hydrogen-bond acceptors (Lipinski definition) is 9. The predicted molar refractivity (Wildman–Crippen MR) is 194 cm³/mol. The number of hydrogen-bond donors (Lipinski definition) is 2. The largest absolute Gasteiger partial charge is 0.540 e. The van der Waals surface area contributed by atoms with E-state index in [9.17, 15) is 9.59 Å². The van der Waals surface area contributed by atoms with Crippen molar-refractivity contribution in [1.29, 1.82) is 0 Å². The fourth-order valence-electron chi connectivity index (χ4n) is 6.08. The van der Waals surface area contributed by atoms with Crippen molar-refractivity contribution in [1.82, 2.24) is 14.9 Å². The van der Waals surface area contributed by atoms with E-state index in [1.54, 1.807) is 14.2 Å². The molecule has 1 saturated heterocycles. The molecule has 10 nitrogen and oxygen atoms in total. The Kier molecular flexibility index (Phi) is 21.4. The number of likely N-dealkylation sites (N-methyl/N-ethyl adjacent to an activating group) is 1. The number of benzene rings is 2. The Morgan fingerprint density at radius 2 is 1.64 bits per heavy atom. The third-order valence-electron chi connectivity index (χ3n) is 9.11. The SMILES string of the molecule is CC(C)(C)[C@H](O)C=O.CN1CCC(c2ccccc2)C1[C-]=O.COc1ccc2nc(CCCCCC3CCCC3)c(OC)nc2c1.NC=O.[V]. The summed E-state index contributed by atoms with van der Waals surface area (Å²) in [6.07, 6.45) is 15.1. The van der Waals surface area contributed by atoms with Crippen molar-refractivity contribution in [2.24, 2.45) is 17.1 Å². The van der Waals surface area contributed by atoms with Crippen molar-refractivity contribution in [3.63, 3.8) is 0 Å². The summed E-state index contributed by atoms with van der Waals surface area (Å²) in [6, 6.07) is 16.0. The van der Waals surface area contributed by atoms with Crippen LogP contribution in [-0.2, 0) is 39.4 Å². The first-order valence-electron chi connectivity index (χ1n) is 17.3. The molecule has 3 atom stereocenters. The van der Waals surface area contributed by atoms with Gasteiger partial charge in [0.2, 0.25) is 12.3 Å². The second-order valence-electron chi connectivity index (χ2n) is 13.7. The zero-order chi connectivity index (χ0) is 36.2. The minimum atomic E-state index is -0.831. The number of fused-ring (bicyclic) bond motifs is 1. The fourth-order valence-corrected chi connectivity index (χ4v) is 6.08. The molecule has 275 valence electrons. The van der Waals surface area contributed by atoms with Crippen molar-refractivity contribution in [2.45, 2.75) is 103 Å². The number of aryl methyl sites for hydroxylation is 1. The minimum Gasteiger partial charge on any atom is -0.540 e. The van der Waals surface area contributed by atoms with E-state index in [2.05, 4.69) is 34.0 Å². The zero-order valence-corrected chi connectivity index (χ0v) is 32.1. The smallest absolute Gasteiger partial charge is 0.235 e. The first-order chi connectivity index (χ1) is 23.5. The third-order valence-corrected chi connectivity index (χ3v) is 9.11. The monoisotopic (exact) mass is 728 g/mol. The topological polar surface area (TPSA) is 145 Å². The van der Waals surface area contributed by atoms with Crippen LogP contribution in [0.25, 0.3) is 11.0 Å². The summed E-state index contributed by atoms with van der Waals surface area (Å²) in [6.45, 7) is 6.42. The van der Waals surface area contributed by atoms with Gasteiger partial charge in [0, 0.05) is 24.6 Å². The molecular weight excluding hydrogens is 671 g/mol. The summed E-state index contributed by atoms with van der Waals surface area (Å²) in [5.41, 5.74) is 7.80. The van der Waals surface area contributed by atoms with Crippen molar-refractivity contribution >= 4 is 30.0 Å². The number of aldehydes is 1. The standard InChI is InChI=1S/C20H28N2O2.C12H14NO.C6H12O2.CH3NO.V/c1-23-16-12-13-17-19(14-16)22-20(24-2)18(21-17)11-5-3-4-8-15-9-6-7-10-15;1-13-8-7-11(12(13)9-14)10-5-3-2-4-6-10;1-6(2,3)5(8)4-7;2-1-3;/h12-15H,3-11H2,1-2H3;2-6,11-12H,7-8H2,1H3;4-5,8H,1-3H3;1H,(H2,2,3);/q;-1;;;/t;;5-;;/m..1../s1. The van der Waals surface area contributed by atoms with Gasteiger partial charge < -0.3 is 34.8 Å². The number of amides is 1. The number of methoxy groups -OCH3 is 2. The molecule has 50 heavy (non-hydrogen) atoms. The average molecular weight is 729 g/mol. The van der Waals surface area contributed by atoms with Crippen LogP contribution in [0, 0.1) is 11.3 Å². The molecule has 2 fully saturated rings. The minimum absolute atomic E-state index is 0. The second-order valence-corrected chi connectivity index (χ2v) is 13.7. The summed E-state index contributed by atoms with van der Waals surface area (Å²) in [5.74, 6) is 2.76. The van der Waals surface area contributed by atoms with E-state index in [-0.39, 0.29) is 36.4 Å². The number of carbonyl (C=O) groups is 2. The van der Waals surface area contributed by atoms with E-state index in [0.717, 1.165) is 54.2 Å². The van der Waals surface area contributed by atoms with Crippen LogP contribution in [0.4, 0.5) is 0 Å². The molecule has 0 bridgehead atoms. The number of rotatable bonds is 11. The van der Waals surface area contributed by atoms with Gasteiger partial charge in [-0.1, -0.05) is 102 Å². The number of nitrogens with two attached hydrogens (primary N) is 1. The van der Waals surface area contributed by atoms with Crippen molar-refractivity contribution < 1.29 is 47.5 Å². The molecule has 2 heterocycles. The number of likely N-dealkylation sites (tertiary alicyclic amines) is 1. The molecule has 1 radical (unpaired) electrons. The fraction of sp³-hybridized carbons (Fsp3) is 0.564. The molecule has 2 aliphatic rings. The number of ether oxygens (including phenoxy) is 2. The molecule has 1 aliphatic carbocycles. The van der Waals surface area contributed by atoms with Gasteiger partial charge in [0.1, 0.15) is 23.8 Å². The second kappa shape index (κ2) is 24.0. The van der Waals surface area contributed by atoms with Crippen LogP contribution >= 0.6 is 0 Å². The maximum Gasteiger partial charge on any atom is 0.235 e. The Morgan fingerprint density at radius 3 is 2.18 bits per heavy atom. The van der Waals surface area contributed by atoms with E-state index in [0.29, 0.717) is 18.1 Å². The zero-order valence-electron chi connectivity index (χ0n) is 30.7. The number of unbranched alkanes of at least 4 members (excludes halogenated alkanes) is 2. The number of aromatic nitrogens is 2. The first-order valence-corrected chi connectivity index (χ1v) is 17.3. The van der Waals surface area contributed by atoms with Gasteiger partial charge >= 0.3 is 0 Å². The van der Waals surface area contributed by atoms with Crippen LogP contribution in [0.5, 0.6) is 11.6 Å². The molecule has 11 heteroatoms. The van der Waals surface area contributed by atoms with Gasteiger partial charge in [0.05, 0.1) is 25.3 Å². The summed E-state index contributed by atoms with van der Waals surface area (Å²) < 4.78 is 10.7. The molecule has 3 aromatic rings. The van der Waals surface area contributed by atoms with Crippen molar-refractivity contribution in [2.75, 3.05) is 27.8 Å². The molecule has 5 rings (SSSR count). The van der Waals surface area contributed by atoms with Crippen molar-refractivity contribution in [3.8, 4) is 11.6 Å². The Morgan fingerprint density at radius 1 is 0.980 bits per heavy atom. The van der Waals surface area contributed by atoms with Crippen LogP contribution in [0.2, 0.25) is 0 Å². The number of aliphatic hydroxyl groups is 1. The number of aliphatic hydroxyl groups excluding tert-OH is 1. The maximum atomic E-state index is 10.8. The number of nitrogens with zero attached hydrogens (tertiary/aromatic N) is 3. The Labute approximate surface area is 310 Å². The van der Waals surface area contributed by atoms with Gasteiger partial charge in [0.15, 0.2) is 0 Å². The van der Waals surface area contributed by atoms with Gasteiger partial charge in [-0.15, -0.1) is 0 Å². The Hall–Kier alpha value is -3.31. The van der Waals surface area contributed by atoms with Gasteiger partial charge in [-0.2, -0.15) is 0 Å². The van der Waals surface area contributed by atoms with Crippen LogP contribution < -0.4 is 15.2 Å². The van der Waals surface area contributed by atoms with E-state index in [1.165, 1.54) is 50.5 Å². The third kappa shape index (κ3) is 14.9. The summed E-state index contributed by atoms with van der Waals surface area (Å²) >= 11 is 0. The molecule has 1 saturated carbocycles. The quantitative estimate of drug-likeness (QED) is 0.134. The van der Waals surface area contributed by atoms with E-state index >= 15 is 0 Å². The van der Waals surface area contributed by atoms with Crippen LogP contribution in [0.3, 0.4) is 0 Å². The molecule has 1 aromatic heterocycles. The number of primary amides is 1. The van der Waals surface area contributed by atoms with Gasteiger partial charge in [-0.25, -0.2) is 16.3 Å². The van der Waals surface area contributed by atoms with E-state index in [1.807, 2.05) is 64.2 Å². The summed E-state index contributed by atoms with van der Waals surface area (Å²) in [5, 5.41) is 8.83. The summed E-state index contributed by atoms with van der Waals surface area (Å²) in [7, 11) is 5.31. The summed E-state index contributed by atoms with van der Waals surface area (Å²) in [4.78, 5) is 40.7. The molecule has 1 aliphatic heterocycles. The number of carbonyl (C=O) groups excluding carboxylic acids is 3. The molecule has 2 aromatic carbocycles. The first kappa shape index (κ1) is 44.7. The van der Waals surface area contributed by atoms with Gasteiger partial charge in [-0.3, -0.25) is 4.79 Å². The van der Waals surface area contributed by atoms with E-state index in [4.69, 9.17) is 24.4 Å². The normalized spacial score (nSPS) is 17.7. The molecule has 3 N–H and O–H groups in total. The van der Waals surface area contributed by atoms with Gasteiger partial charge in [0.25, 0.3) is 0 Å². The Balaban J connectivity index is 0.000000406. The van der Waals surface area contributed by atoms with E-state index < -0.39 is 6.10 Å². The molecule has 2 unspecified atom stereocenters. The molecular formula is C39H57N4O6V-. The molecule has 0 spiro atoms. The average Bonchev–Trinajstić information content (AvgIpc) is 3.77. The predicted octanol–water partition coefficient (Wildman–Crippen LogP) is 6.22. The van der Waals surface area contributed by atoms with Crippen LogP contribution in [0.15, 0.2) is 48.5 Å². The van der Waals surface area contributed by atoms with Crippen LogP contribution in [-0.4, -0.2) is 78.9 Å². The molecule has 1 amide bonds. The van der Waals surface area contributed by atoms with Crippen LogP contribution in [0.1, 0.15) is 95.7 Å².